The number of benzene rings is 1. The Balaban J connectivity index is 1.69. The molecule has 0 unspecified atom stereocenters. The zero-order chi connectivity index (χ0) is 24.4. The summed E-state index contributed by atoms with van der Waals surface area (Å²) in [5, 5.41) is 0.858. The van der Waals surface area contributed by atoms with Gasteiger partial charge in [-0.1, -0.05) is 22.0 Å². The first-order valence-electron chi connectivity index (χ1n) is 11.3. The van der Waals surface area contributed by atoms with Gasteiger partial charge in [0.1, 0.15) is 16.9 Å². The van der Waals surface area contributed by atoms with Crippen LogP contribution in [0.1, 0.15) is 66.5 Å². The van der Waals surface area contributed by atoms with Crippen LogP contribution in [0.4, 0.5) is 14.0 Å². The molecular weight excluding hydrogens is 491 g/mol. The fourth-order valence-electron chi connectivity index (χ4n) is 5.01. The minimum absolute atomic E-state index is 0.154. The van der Waals surface area contributed by atoms with E-state index in [2.05, 4.69) is 15.9 Å². The lowest BCUT2D eigenvalue weighted by molar-refractivity contribution is -0.220. The molecule has 3 saturated carbocycles. The third-order valence-electron chi connectivity index (χ3n) is 6.03. The molecule has 0 radical (unpaired) electrons. The van der Waals surface area contributed by atoms with Gasteiger partial charge < -0.3 is 14.4 Å². The topological polar surface area (TPSA) is 60.8 Å². The van der Waals surface area contributed by atoms with E-state index in [1.54, 1.807) is 4.90 Å². The van der Waals surface area contributed by atoms with Crippen molar-refractivity contribution < 1.29 is 23.5 Å². The first-order chi connectivity index (χ1) is 15.1. The second-order valence-corrected chi connectivity index (χ2v) is 12.6. The van der Waals surface area contributed by atoms with E-state index in [1.165, 1.54) is 4.57 Å². The summed E-state index contributed by atoms with van der Waals surface area (Å²) in [5.41, 5.74) is -1.30. The van der Waals surface area contributed by atoms with Crippen LogP contribution in [0.2, 0.25) is 0 Å². The Morgan fingerprint density at radius 1 is 1.06 bits per heavy atom. The Hall–Kier alpha value is -2.09. The molecule has 1 aromatic heterocycles. The van der Waals surface area contributed by atoms with Crippen LogP contribution >= 0.6 is 15.9 Å². The van der Waals surface area contributed by atoms with Gasteiger partial charge in [0.05, 0.1) is 12.1 Å². The highest BCUT2D eigenvalue weighted by Crippen LogP contribution is 2.69. The predicted octanol–water partition coefficient (Wildman–Crippen LogP) is 6.82. The number of alkyl halides is 1. The van der Waals surface area contributed by atoms with Gasteiger partial charge in [0, 0.05) is 22.1 Å². The molecule has 8 heteroatoms. The average Bonchev–Trinajstić information content (AvgIpc) is 2.92. The standard InChI is InChI=1S/C25H32BrFN2O4/c1-22(2,3)32-20(30)28(15-24-12-25(27,13-24)14-24)11-18-9-16-7-8-17(26)10-19(16)29(18)21(31)33-23(4,5)6/h7-10H,11-15H2,1-6H3. The number of hydrogen-bond donors (Lipinski definition) is 0. The lowest BCUT2D eigenvalue weighted by atomic mass is 9.42. The molecule has 180 valence electrons. The molecule has 2 bridgehead atoms. The third kappa shape index (κ3) is 5.05. The summed E-state index contributed by atoms with van der Waals surface area (Å²) < 4.78 is 27.8. The number of hydrogen-bond acceptors (Lipinski definition) is 4. The lowest BCUT2D eigenvalue weighted by Crippen LogP contribution is -2.68. The number of amides is 1. The number of rotatable bonds is 4. The van der Waals surface area contributed by atoms with E-state index in [0.717, 1.165) is 9.86 Å². The molecule has 5 rings (SSSR count). The Kier molecular flexibility index (Phi) is 5.62. The predicted molar refractivity (Wildman–Crippen MR) is 128 cm³/mol. The molecule has 1 heterocycles. The van der Waals surface area contributed by atoms with Crippen molar-refractivity contribution in [2.24, 2.45) is 5.41 Å². The van der Waals surface area contributed by atoms with Gasteiger partial charge in [0.15, 0.2) is 0 Å². The molecule has 3 aliphatic carbocycles. The minimum atomic E-state index is -1.06. The monoisotopic (exact) mass is 522 g/mol. The molecular formula is C25H32BrFN2O4. The Morgan fingerprint density at radius 3 is 2.21 bits per heavy atom. The van der Waals surface area contributed by atoms with E-state index < -0.39 is 29.1 Å². The molecule has 0 spiro atoms. The van der Waals surface area contributed by atoms with Crippen LogP contribution in [0.15, 0.2) is 28.7 Å². The van der Waals surface area contributed by atoms with Gasteiger partial charge in [-0.25, -0.2) is 18.5 Å². The number of nitrogens with zero attached hydrogens (tertiary/aromatic N) is 2. The van der Waals surface area contributed by atoms with E-state index in [-0.39, 0.29) is 12.0 Å². The van der Waals surface area contributed by atoms with Crippen LogP contribution in [-0.4, -0.2) is 45.1 Å². The average molecular weight is 523 g/mol. The lowest BCUT2D eigenvalue weighted by Gasteiger charge is -2.66. The minimum Gasteiger partial charge on any atom is -0.444 e. The molecule has 3 fully saturated rings. The fourth-order valence-corrected chi connectivity index (χ4v) is 5.36. The van der Waals surface area contributed by atoms with Crippen molar-refractivity contribution in [3.05, 3.63) is 34.4 Å². The molecule has 0 N–H and O–H groups in total. The number of halogens is 2. The zero-order valence-corrected chi connectivity index (χ0v) is 21.7. The van der Waals surface area contributed by atoms with Crippen molar-refractivity contribution in [1.29, 1.82) is 0 Å². The maximum atomic E-state index is 14.2. The van der Waals surface area contributed by atoms with Gasteiger partial charge in [-0.3, -0.25) is 0 Å². The van der Waals surface area contributed by atoms with Gasteiger partial charge >= 0.3 is 12.2 Å². The van der Waals surface area contributed by atoms with Gasteiger partial charge in [0.25, 0.3) is 0 Å². The summed E-state index contributed by atoms with van der Waals surface area (Å²) in [6.07, 6.45) is 0.439. The van der Waals surface area contributed by atoms with Crippen LogP contribution in [0, 0.1) is 5.41 Å². The molecule has 6 nitrogen and oxygen atoms in total. The van der Waals surface area contributed by atoms with Crippen molar-refractivity contribution >= 4 is 39.0 Å². The molecule has 0 saturated heterocycles. The smallest absolute Gasteiger partial charge is 0.419 e. The number of carbonyl (C=O) groups excluding carboxylic acids is 2. The van der Waals surface area contributed by atoms with Gasteiger partial charge in [-0.2, -0.15) is 0 Å². The molecule has 1 amide bonds. The van der Waals surface area contributed by atoms with Crippen molar-refractivity contribution in [3.8, 4) is 0 Å². The molecule has 0 atom stereocenters. The third-order valence-corrected chi connectivity index (χ3v) is 6.52. The quantitative estimate of drug-likeness (QED) is 0.442. The molecule has 2 aromatic rings. The number of carbonyl (C=O) groups is 2. The zero-order valence-electron chi connectivity index (χ0n) is 20.1. The maximum Gasteiger partial charge on any atom is 0.419 e. The van der Waals surface area contributed by atoms with E-state index in [0.29, 0.717) is 37.0 Å². The van der Waals surface area contributed by atoms with Crippen LogP contribution in [0.5, 0.6) is 0 Å². The SMILES string of the molecule is CC(C)(C)OC(=O)N(Cc1cc2ccc(Br)cc2n1C(=O)OC(C)(C)C)CC12CC(F)(C1)C2. The number of aromatic nitrogens is 1. The van der Waals surface area contributed by atoms with Crippen molar-refractivity contribution in [1.82, 2.24) is 9.47 Å². The number of fused-ring (bicyclic) bond motifs is 1. The van der Waals surface area contributed by atoms with Crippen molar-refractivity contribution in [3.63, 3.8) is 0 Å². The van der Waals surface area contributed by atoms with Gasteiger partial charge in [-0.05, 0) is 84.4 Å². The normalized spacial score (nSPS) is 24.1. The number of ether oxygens (including phenoxy) is 2. The molecule has 3 aliphatic rings. The Bertz CT molecular complexity index is 1090. The Morgan fingerprint density at radius 2 is 1.67 bits per heavy atom. The van der Waals surface area contributed by atoms with E-state index in [1.807, 2.05) is 65.8 Å². The summed E-state index contributed by atoms with van der Waals surface area (Å²) in [6, 6.07) is 7.56. The summed E-state index contributed by atoms with van der Waals surface area (Å²) in [6.45, 7) is 11.4. The molecule has 1 aromatic carbocycles. The highest BCUT2D eigenvalue weighted by atomic mass is 79.9. The van der Waals surface area contributed by atoms with E-state index in [9.17, 15) is 14.0 Å². The van der Waals surface area contributed by atoms with Crippen LogP contribution in [0.25, 0.3) is 10.9 Å². The summed E-state index contributed by atoms with van der Waals surface area (Å²) in [7, 11) is 0. The molecule has 33 heavy (non-hydrogen) atoms. The first-order valence-corrected chi connectivity index (χ1v) is 12.1. The van der Waals surface area contributed by atoms with E-state index in [4.69, 9.17) is 9.47 Å². The van der Waals surface area contributed by atoms with Gasteiger partial charge in [0.2, 0.25) is 0 Å². The summed E-state index contributed by atoms with van der Waals surface area (Å²) in [4.78, 5) is 27.9. The maximum absolute atomic E-state index is 14.2. The van der Waals surface area contributed by atoms with Gasteiger partial charge in [-0.15, -0.1) is 0 Å². The first kappa shape index (κ1) is 24.0. The summed E-state index contributed by atoms with van der Waals surface area (Å²) in [5.74, 6) is 0. The summed E-state index contributed by atoms with van der Waals surface area (Å²) >= 11 is 3.48. The fraction of sp³-hybridized carbons (Fsp3) is 0.600. The second-order valence-electron chi connectivity index (χ2n) is 11.7. The van der Waals surface area contributed by atoms with Crippen LogP contribution in [0.3, 0.4) is 0 Å². The highest BCUT2D eigenvalue weighted by molar-refractivity contribution is 9.10. The Labute approximate surface area is 202 Å². The second kappa shape index (κ2) is 7.72. The van der Waals surface area contributed by atoms with Crippen LogP contribution in [-0.2, 0) is 16.0 Å². The largest absolute Gasteiger partial charge is 0.444 e. The highest BCUT2D eigenvalue weighted by Gasteiger charge is 2.69. The van der Waals surface area contributed by atoms with Crippen molar-refractivity contribution in [2.45, 2.75) is 84.2 Å². The van der Waals surface area contributed by atoms with E-state index >= 15 is 0 Å². The van der Waals surface area contributed by atoms with Crippen molar-refractivity contribution in [2.75, 3.05) is 6.54 Å². The molecule has 0 aliphatic heterocycles. The van der Waals surface area contributed by atoms with Crippen LogP contribution < -0.4 is 0 Å².